The molecule has 4 rings (SSSR count). The molecule has 0 saturated heterocycles. The summed E-state index contributed by atoms with van der Waals surface area (Å²) in [6.07, 6.45) is 21.3. The molecule has 0 atom stereocenters. The monoisotopic (exact) mass is 520 g/mol. The molecule has 0 spiro atoms. The van der Waals surface area contributed by atoms with Crippen molar-refractivity contribution in [3.63, 3.8) is 0 Å². The first kappa shape index (κ1) is 30.9. The average Bonchev–Trinajstić information content (AvgIpc) is 3.54. The van der Waals surface area contributed by atoms with Crippen LogP contribution in [0, 0.1) is 12.2 Å². The van der Waals surface area contributed by atoms with Crippen molar-refractivity contribution in [1.29, 1.82) is 0 Å². The third-order valence-corrected chi connectivity index (χ3v) is 4.93. The van der Waals surface area contributed by atoms with E-state index in [1.54, 1.807) is 24.3 Å². The normalized spacial score (nSPS) is 12.6. The van der Waals surface area contributed by atoms with E-state index in [-0.39, 0.29) is 26.2 Å². The zero-order chi connectivity index (χ0) is 23.6. The van der Waals surface area contributed by atoms with Crippen LogP contribution in [0.2, 0.25) is 0 Å². The molecule has 0 saturated carbocycles. The summed E-state index contributed by atoms with van der Waals surface area (Å²) in [6, 6.07) is 14.6. The maximum atomic E-state index is 8.94. The molecule has 0 unspecified atom stereocenters. The van der Waals surface area contributed by atoms with Crippen LogP contribution in [0.25, 0.3) is 0 Å². The molecule has 0 radical (unpaired) electrons. The zero-order valence-electron chi connectivity index (χ0n) is 20.6. The summed E-state index contributed by atoms with van der Waals surface area (Å²) in [7, 11) is 0. The molecular weight excluding hydrogens is 484 g/mol. The molecule has 33 heavy (non-hydrogen) atoms. The molecule has 0 bridgehead atoms. The fraction of sp³-hybridized carbons (Fsp3) is 0.333. The Morgan fingerprint density at radius 3 is 1.21 bits per heavy atom. The average molecular weight is 522 g/mol. The molecule has 174 valence electrons. The van der Waals surface area contributed by atoms with Gasteiger partial charge < -0.3 is 10.2 Å². The number of phenolic OH excluding ortho intramolecular Hbond substituents is 2. The Hall–Kier alpha value is -2.12. The number of hydrogen-bond donors (Lipinski definition) is 2. The van der Waals surface area contributed by atoms with Crippen molar-refractivity contribution in [1.82, 2.24) is 0 Å². The SMILES string of the molecule is CCC1=[C-]CC=C1.CCC1=[C-]CC=C1.CCc1cccc(O)c1.CCc1cccc(O)c1.[Zr+2]. The number of aryl methyl sites for hydroxylation is 2. The summed E-state index contributed by atoms with van der Waals surface area (Å²) < 4.78 is 0. The van der Waals surface area contributed by atoms with Crippen LogP contribution in [-0.2, 0) is 39.0 Å². The minimum absolute atomic E-state index is 0. The van der Waals surface area contributed by atoms with Crippen molar-refractivity contribution < 1.29 is 36.4 Å². The van der Waals surface area contributed by atoms with Gasteiger partial charge in [0.2, 0.25) is 0 Å². The topological polar surface area (TPSA) is 40.5 Å². The van der Waals surface area contributed by atoms with Gasteiger partial charge in [-0.2, -0.15) is 12.2 Å². The Labute approximate surface area is 220 Å². The molecule has 0 aromatic heterocycles. The number of aromatic hydroxyl groups is 2. The molecule has 2 aliphatic rings. The minimum Gasteiger partial charge on any atom is -0.508 e. The van der Waals surface area contributed by atoms with Gasteiger partial charge in [-0.1, -0.05) is 64.8 Å². The third-order valence-electron chi connectivity index (χ3n) is 4.93. The first-order valence-electron chi connectivity index (χ1n) is 11.6. The van der Waals surface area contributed by atoms with E-state index in [0.717, 1.165) is 38.5 Å². The van der Waals surface area contributed by atoms with Gasteiger partial charge in [0.05, 0.1) is 0 Å². The van der Waals surface area contributed by atoms with Crippen LogP contribution >= 0.6 is 0 Å². The number of rotatable bonds is 4. The van der Waals surface area contributed by atoms with E-state index in [0.29, 0.717) is 11.5 Å². The van der Waals surface area contributed by atoms with Gasteiger partial charge in [0.15, 0.2) is 0 Å². The van der Waals surface area contributed by atoms with Crippen LogP contribution < -0.4 is 0 Å². The van der Waals surface area contributed by atoms with E-state index < -0.39 is 0 Å². The Morgan fingerprint density at radius 1 is 0.636 bits per heavy atom. The summed E-state index contributed by atoms with van der Waals surface area (Å²) in [5.41, 5.74) is 5.07. The van der Waals surface area contributed by atoms with Gasteiger partial charge in [-0.3, -0.25) is 12.2 Å². The second-order valence-corrected chi connectivity index (χ2v) is 7.37. The zero-order valence-corrected chi connectivity index (χ0v) is 23.0. The van der Waals surface area contributed by atoms with Crippen molar-refractivity contribution in [3.8, 4) is 11.5 Å². The van der Waals surface area contributed by atoms with Crippen LogP contribution in [0.4, 0.5) is 0 Å². The van der Waals surface area contributed by atoms with Crippen LogP contribution in [-0.4, -0.2) is 10.2 Å². The molecule has 2 N–H and O–H groups in total. The fourth-order valence-corrected chi connectivity index (χ4v) is 2.94. The predicted octanol–water partition coefficient (Wildman–Crippen LogP) is 8.08. The van der Waals surface area contributed by atoms with E-state index in [9.17, 15) is 0 Å². The summed E-state index contributed by atoms with van der Waals surface area (Å²) in [4.78, 5) is 0. The van der Waals surface area contributed by atoms with E-state index in [2.05, 4.69) is 64.2 Å². The third kappa shape index (κ3) is 14.6. The Kier molecular flexibility index (Phi) is 18.1. The molecule has 0 fully saturated rings. The Bertz CT molecular complexity index is 832. The second kappa shape index (κ2) is 19.4. The molecule has 2 aliphatic carbocycles. The van der Waals surface area contributed by atoms with Gasteiger partial charge in [-0.25, -0.2) is 23.3 Å². The summed E-state index contributed by atoms with van der Waals surface area (Å²) >= 11 is 0. The first-order chi connectivity index (χ1) is 15.5. The summed E-state index contributed by atoms with van der Waals surface area (Å²) in [6.45, 7) is 8.43. The Morgan fingerprint density at radius 2 is 1.03 bits per heavy atom. The van der Waals surface area contributed by atoms with Gasteiger partial charge in [0.25, 0.3) is 0 Å². The molecular formula is C30H38O2Zr. The maximum Gasteiger partial charge on any atom is 2.00 e. The molecule has 3 heteroatoms. The largest absolute Gasteiger partial charge is 2.00 e. The second-order valence-electron chi connectivity index (χ2n) is 7.37. The molecule has 0 amide bonds. The number of allylic oxidation sites excluding steroid dienone is 8. The first-order valence-corrected chi connectivity index (χ1v) is 11.6. The van der Waals surface area contributed by atoms with E-state index >= 15 is 0 Å². The van der Waals surface area contributed by atoms with Crippen molar-refractivity contribution >= 4 is 0 Å². The van der Waals surface area contributed by atoms with Gasteiger partial charge in [0, 0.05) is 0 Å². The van der Waals surface area contributed by atoms with Crippen LogP contribution in [0.1, 0.15) is 64.5 Å². The van der Waals surface area contributed by atoms with Crippen molar-refractivity contribution in [2.75, 3.05) is 0 Å². The number of hydrogen-bond acceptors (Lipinski definition) is 2. The summed E-state index contributed by atoms with van der Waals surface area (Å²) in [5.74, 6) is 0.712. The van der Waals surface area contributed by atoms with Crippen molar-refractivity contribution in [2.24, 2.45) is 0 Å². The number of phenols is 2. The van der Waals surface area contributed by atoms with Crippen molar-refractivity contribution in [3.05, 3.63) is 107 Å². The standard InChI is InChI=1S/2C8H10O.2C7H9.Zr/c2*1-2-7-4-3-5-8(9)6-7;2*1-2-7-5-3-4-6-7;/h2*3-6,9H,2H2,1H3;2*3,5H,2,4H2,1H3;/q;;2*-1;+2. The van der Waals surface area contributed by atoms with Gasteiger partial charge in [-0.05, 0) is 48.2 Å². The maximum absolute atomic E-state index is 8.94. The fourth-order valence-electron chi connectivity index (χ4n) is 2.94. The van der Waals surface area contributed by atoms with Gasteiger partial charge >= 0.3 is 26.2 Å². The molecule has 0 heterocycles. The van der Waals surface area contributed by atoms with Crippen LogP contribution in [0.5, 0.6) is 11.5 Å². The smallest absolute Gasteiger partial charge is 0.508 e. The molecule has 2 nitrogen and oxygen atoms in total. The predicted molar refractivity (Wildman–Crippen MR) is 137 cm³/mol. The molecule has 2 aromatic rings. The van der Waals surface area contributed by atoms with Gasteiger partial charge in [0.1, 0.15) is 11.5 Å². The Balaban J connectivity index is 0.000000412. The number of benzene rings is 2. The van der Waals surface area contributed by atoms with Crippen LogP contribution in [0.3, 0.4) is 0 Å². The summed E-state index contributed by atoms with van der Waals surface area (Å²) in [5, 5.41) is 17.9. The van der Waals surface area contributed by atoms with Gasteiger partial charge in [-0.15, -0.1) is 12.8 Å². The minimum atomic E-state index is 0. The quantitative estimate of drug-likeness (QED) is 0.399. The van der Waals surface area contributed by atoms with E-state index in [1.165, 1.54) is 22.3 Å². The van der Waals surface area contributed by atoms with Crippen molar-refractivity contribution in [2.45, 2.75) is 66.2 Å². The molecule has 0 aliphatic heterocycles. The van der Waals surface area contributed by atoms with Crippen LogP contribution in [0.15, 0.2) is 84.0 Å². The van der Waals surface area contributed by atoms with E-state index in [4.69, 9.17) is 10.2 Å². The van der Waals surface area contributed by atoms with E-state index in [1.807, 2.05) is 24.3 Å². The molecule has 2 aromatic carbocycles.